The lowest BCUT2D eigenvalue weighted by Crippen LogP contribution is -2.38. The van der Waals surface area contributed by atoms with Gasteiger partial charge in [-0.1, -0.05) is 31.9 Å². The molecule has 0 aliphatic heterocycles. The third-order valence-electron chi connectivity index (χ3n) is 8.13. The van der Waals surface area contributed by atoms with E-state index in [0.29, 0.717) is 0 Å². The zero-order valence-electron chi connectivity index (χ0n) is 37.4. The van der Waals surface area contributed by atoms with Crippen molar-refractivity contribution in [2.24, 2.45) is 20.5 Å². The van der Waals surface area contributed by atoms with Gasteiger partial charge < -0.3 is 50.8 Å². The van der Waals surface area contributed by atoms with Crippen LogP contribution in [0.5, 0.6) is 0 Å². The summed E-state index contributed by atoms with van der Waals surface area (Å²) in [7, 11) is 0. The van der Waals surface area contributed by atoms with Crippen LogP contribution in [0.2, 0.25) is 0 Å². The van der Waals surface area contributed by atoms with Gasteiger partial charge in [-0.25, -0.2) is 0 Å². The molecule has 0 aromatic carbocycles. The molecule has 0 saturated carbocycles. The summed E-state index contributed by atoms with van der Waals surface area (Å²) in [4.78, 5) is 99.7. The van der Waals surface area contributed by atoms with Crippen LogP contribution in [0.1, 0.15) is 46.5 Å². The molecule has 0 heterocycles. The molecule has 0 rings (SSSR count). The van der Waals surface area contributed by atoms with E-state index in [2.05, 4.69) is 83.5 Å². The number of carbonyl (C=O) groups is 6. The van der Waals surface area contributed by atoms with Crippen molar-refractivity contribution < 1.29 is 52.6 Å². The predicted molar refractivity (Wildman–Crippen MR) is 234 cm³/mol. The molecule has 6 amide bonds. The average Bonchev–Trinajstić information content (AvgIpc) is 3.29. The number of nitrogens with zero attached hydrogens (tertiary/aromatic N) is 13. The van der Waals surface area contributed by atoms with Gasteiger partial charge >= 0.3 is 0 Å². The minimum atomic E-state index is -1.80. The molecule has 67 heavy (non-hydrogen) atoms. The van der Waals surface area contributed by atoms with Crippen molar-refractivity contribution in [2.75, 3.05) is 105 Å². The standard InChI is InChI=1S/C36H55N19O12/c1-26(24-28(32(58)41-8-16-64-20-12-45-51-37)33(59)42-9-17-65-21-13-46-52-38)49-30(56)4-6-36(3,55(62)63)7-5-31(57)50-27(2)25-29(34(60)43-10-18-66-22-14-47-53-39)35(61)44-11-19-67-23-15-48-54-40/h4-23H2,1-3H3,(H,41,58)(H,42,59)(H,43,60)(H,44,61)(H,49,56)(H,50,57). The lowest BCUT2D eigenvalue weighted by Gasteiger charge is -2.20. The van der Waals surface area contributed by atoms with E-state index in [-0.39, 0.29) is 129 Å². The summed E-state index contributed by atoms with van der Waals surface area (Å²) in [5, 5.41) is 40.2. The van der Waals surface area contributed by atoms with E-state index < -0.39 is 69.9 Å². The van der Waals surface area contributed by atoms with Crippen LogP contribution in [-0.4, -0.2) is 151 Å². The molecular formula is C36H55N19O12. The van der Waals surface area contributed by atoms with E-state index in [9.17, 15) is 38.9 Å². The molecule has 366 valence electrons. The SMILES string of the molecule is CC(=C=C(C(=O)NCCOCCN=[N+]=[N-])C(=O)NCCOCCN=[N+]=[N-])NC(=O)CCC(C)(CCC(=O)NC(C)=C=C(C(=O)NCCOCCN=[N+]=[N-])C(=O)NCCOCCN=[N+]=[N-])[N+](=O)[O-]. The molecule has 31 heteroatoms. The highest BCUT2D eigenvalue weighted by Gasteiger charge is 2.37. The summed E-state index contributed by atoms with van der Waals surface area (Å²) < 4.78 is 20.9. The van der Waals surface area contributed by atoms with Crippen molar-refractivity contribution >= 4 is 35.4 Å². The number of nitrogens with one attached hydrogen (secondary N) is 6. The largest absolute Gasteiger partial charge is 0.379 e. The Hall–Kier alpha value is -7.66. The smallest absolute Gasteiger partial charge is 0.264 e. The van der Waals surface area contributed by atoms with E-state index in [1.54, 1.807) is 0 Å². The molecule has 31 nitrogen and oxygen atoms in total. The van der Waals surface area contributed by atoms with Crippen molar-refractivity contribution in [3.8, 4) is 0 Å². The minimum absolute atomic E-state index is 0.00481. The fourth-order valence-corrected chi connectivity index (χ4v) is 4.80. The van der Waals surface area contributed by atoms with Gasteiger partial charge in [-0.05, 0) is 36.0 Å². The Balaban J connectivity index is 5.87. The van der Waals surface area contributed by atoms with Crippen molar-refractivity contribution in [3.05, 3.63) is 85.9 Å². The maximum atomic E-state index is 13.0. The molecule has 0 aliphatic carbocycles. The summed E-state index contributed by atoms with van der Waals surface area (Å²) in [6, 6.07) is 0. The van der Waals surface area contributed by atoms with E-state index >= 15 is 0 Å². The van der Waals surface area contributed by atoms with Gasteiger partial charge in [0.15, 0.2) is 0 Å². The third kappa shape index (κ3) is 30.2. The number of hydrogen-bond donors (Lipinski definition) is 6. The van der Waals surface area contributed by atoms with Gasteiger partial charge in [0.1, 0.15) is 11.1 Å². The first kappa shape index (κ1) is 59.3. The third-order valence-corrected chi connectivity index (χ3v) is 8.13. The molecule has 0 atom stereocenters. The highest BCUT2D eigenvalue weighted by Crippen LogP contribution is 2.23. The number of rotatable bonds is 37. The van der Waals surface area contributed by atoms with Gasteiger partial charge in [0.05, 0.1) is 64.2 Å². The van der Waals surface area contributed by atoms with Crippen LogP contribution in [0, 0.1) is 10.1 Å². The van der Waals surface area contributed by atoms with Crippen LogP contribution in [0.3, 0.4) is 0 Å². The summed E-state index contributed by atoms with van der Waals surface area (Å²) in [5.41, 5.74) is 35.4. The van der Waals surface area contributed by atoms with Gasteiger partial charge in [-0.2, -0.15) is 0 Å². The highest BCUT2D eigenvalue weighted by molar-refractivity contribution is 6.18. The molecule has 6 N–H and O–H groups in total. The molecule has 0 aromatic rings. The number of carbonyl (C=O) groups excluding carboxylic acids is 6. The second-order valence-electron chi connectivity index (χ2n) is 13.4. The van der Waals surface area contributed by atoms with Gasteiger partial charge in [0, 0.05) is 110 Å². The first-order valence-electron chi connectivity index (χ1n) is 20.3. The molecule has 0 aromatic heterocycles. The molecule has 0 spiro atoms. The van der Waals surface area contributed by atoms with Gasteiger partial charge in [0.25, 0.3) is 23.6 Å². The van der Waals surface area contributed by atoms with Crippen LogP contribution in [0.25, 0.3) is 41.8 Å². The maximum Gasteiger partial charge on any atom is 0.264 e. The predicted octanol–water partition coefficient (Wildman–Crippen LogP) is 1.45. The topological polar surface area (TPSA) is 450 Å². The van der Waals surface area contributed by atoms with E-state index in [0.717, 1.165) is 0 Å². The first-order valence-corrected chi connectivity index (χ1v) is 20.3. The van der Waals surface area contributed by atoms with E-state index in [1.165, 1.54) is 20.8 Å². The fraction of sp³-hybridized carbons (Fsp3) is 0.667. The Bertz CT molecular complexity index is 1810. The van der Waals surface area contributed by atoms with Crippen LogP contribution in [-0.2, 0) is 47.7 Å². The highest BCUT2D eigenvalue weighted by atomic mass is 16.6. The van der Waals surface area contributed by atoms with E-state index in [1.807, 2.05) is 0 Å². The van der Waals surface area contributed by atoms with Gasteiger partial charge in [-0.3, -0.25) is 38.9 Å². The Labute approximate surface area is 383 Å². The summed E-state index contributed by atoms with van der Waals surface area (Å²) >= 11 is 0. The Morgan fingerprint density at radius 3 is 1.04 bits per heavy atom. The number of amides is 6. The van der Waals surface area contributed by atoms with Crippen LogP contribution in [0.15, 0.2) is 54.5 Å². The molecular weight excluding hydrogens is 891 g/mol. The summed E-state index contributed by atoms with van der Waals surface area (Å²) in [6.45, 7) is 4.28. The normalized spacial score (nSPS) is 10.7. The van der Waals surface area contributed by atoms with Gasteiger partial charge in [-0.15, -0.1) is 0 Å². The monoisotopic (exact) mass is 945 g/mol. The van der Waals surface area contributed by atoms with E-state index in [4.69, 9.17) is 41.1 Å². The van der Waals surface area contributed by atoms with Gasteiger partial charge in [0.2, 0.25) is 17.4 Å². The fourth-order valence-electron chi connectivity index (χ4n) is 4.80. The average molecular weight is 946 g/mol. The second kappa shape index (κ2) is 37.7. The zero-order chi connectivity index (χ0) is 50.1. The lowest BCUT2D eigenvalue weighted by molar-refractivity contribution is -0.567. The molecule has 0 unspecified atom stereocenters. The molecule has 0 radical (unpaired) electrons. The molecule has 0 aliphatic rings. The quantitative estimate of drug-likeness (QED) is 0.00492. The summed E-state index contributed by atoms with van der Waals surface area (Å²) in [5.74, 6) is -5.03. The maximum absolute atomic E-state index is 13.0. The molecule has 0 saturated heterocycles. The number of ether oxygens (including phenoxy) is 4. The Morgan fingerprint density at radius 2 is 0.806 bits per heavy atom. The van der Waals surface area contributed by atoms with Crippen LogP contribution < -0.4 is 31.9 Å². The van der Waals surface area contributed by atoms with Crippen molar-refractivity contribution in [1.29, 1.82) is 0 Å². The molecule has 0 bridgehead atoms. The Kier molecular flexibility index (Phi) is 33.4. The summed E-state index contributed by atoms with van der Waals surface area (Å²) in [6.07, 6.45) is -1.57. The number of nitro groups is 1. The lowest BCUT2D eigenvalue weighted by atomic mass is 9.90. The van der Waals surface area contributed by atoms with Crippen molar-refractivity contribution in [3.63, 3.8) is 0 Å². The molecule has 0 fully saturated rings. The number of hydrogen-bond acceptors (Lipinski definition) is 16. The number of azide groups is 4. The second-order valence-corrected chi connectivity index (χ2v) is 13.4. The minimum Gasteiger partial charge on any atom is -0.379 e. The van der Waals surface area contributed by atoms with Crippen molar-refractivity contribution in [2.45, 2.75) is 52.0 Å². The first-order chi connectivity index (χ1) is 32.1. The van der Waals surface area contributed by atoms with Crippen LogP contribution >= 0.6 is 0 Å². The van der Waals surface area contributed by atoms with Crippen LogP contribution in [0.4, 0.5) is 0 Å². The zero-order valence-corrected chi connectivity index (χ0v) is 37.4. The van der Waals surface area contributed by atoms with Crippen molar-refractivity contribution in [1.82, 2.24) is 31.9 Å². The Morgan fingerprint density at radius 1 is 0.537 bits per heavy atom.